The van der Waals surface area contributed by atoms with Gasteiger partial charge in [0.25, 0.3) is 5.88 Å². The second kappa shape index (κ2) is 7.03. The van der Waals surface area contributed by atoms with Crippen LogP contribution in [-0.4, -0.2) is 31.5 Å². The number of carboxylic acid groups (broad SMARTS) is 1. The van der Waals surface area contributed by atoms with E-state index in [0.29, 0.717) is 10.7 Å². The molecule has 7 nitrogen and oxygen atoms in total. The number of aromatic amines is 1. The Bertz CT molecular complexity index is 1000. The largest absolute Gasteiger partial charge is 0.476 e. The van der Waals surface area contributed by atoms with Crippen molar-refractivity contribution >= 4 is 17.6 Å². The zero-order valence-electron chi connectivity index (χ0n) is 12.9. The van der Waals surface area contributed by atoms with Gasteiger partial charge in [-0.1, -0.05) is 40.0 Å². The Morgan fingerprint density at radius 3 is 2.88 bits per heavy atom. The standard InChI is InChI=1S/C17H11ClN4O3/c1-10-3-2-4-11(9-10)5-7-13-12(18)6-8-14(19-13)25-16-15(17(23)24)20-22-21-16/h2-4,6,8-9H,1H3,(H,23,24)(H,20,21,22). The number of carboxylic acids is 1. The van der Waals surface area contributed by atoms with E-state index >= 15 is 0 Å². The first kappa shape index (κ1) is 16.5. The Morgan fingerprint density at radius 2 is 2.12 bits per heavy atom. The number of aromatic nitrogens is 4. The van der Waals surface area contributed by atoms with Crippen molar-refractivity contribution in [3.63, 3.8) is 0 Å². The van der Waals surface area contributed by atoms with Gasteiger partial charge in [0, 0.05) is 11.6 Å². The van der Waals surface area contributed by atoms with Crippen molar-refractivity contribution in [3.05, 3.63) is 63.9 Å². The lowest BCUT2D eigenvalue weighted by Crippen LogP contribution is -2.00. The van der Waals surface area contributed by atoms with Crippen LogP contribution in [0, 0.1) is 18.8 Å². The number of pyridine rings is 1. The summed E-state index contributed by atoms with van der Waals surface area (Å²) in [5, 5.41) is 18.6. The minimum absolute atomic E-state index is 0.106. The number of ether oxygens (including phenoxy) is 1. The third kappa shape index (κ3) is 3.94. The molecular weight excluding hydrogens is 344 g/mol. The topological polar surface area (TPSA) is 101 Å². The molecular formula is C17H11ClN4O3. The van der Waals surface area contributed by atoms with Gasteiger partial charge in [-0.05, 0) is 36.6 Å². The van der Waals surface area contributed by atoms with Crippen LogP contribution in [0.15, 0.2) is 36.4 Å². The lowest BCUT2D eigenvalue weighted by atomic mass is 10.1. The first-order valence-electron chi connectivity index (χ1n) is 7.10. The van der Waals surface area contributed by atoms with E-state index in [2.05, 4.69) is 32.2 Å². The number of aromatic carboxylic acids is 1. The highest BCUT2D eigenvalue weighted by Crippen LogP contribution is 2.23. The maximum absolute atomic E-state index is 11.0. The van der Waals surface area contributed by atoms with Crippen molar-refractivity contribution in [1.82, 2.24) is 20.4 Å². The normalized spacial score (nSPS) is 10.0. The predicted molar refractivity (Wildman–Crippen MR) is 89.8 cm³/mol. The zero-order valence-corrected chi connectivity index (χ0v) is 13.7. The Balaban J connectivity index is 1.89. The second-order valence-corrected chi connectivity index (χ2v) is 5.41. The minimum Gasteiger partial charge on any atom is -0.476 e. The molecule has 0 amide bonds. The molecule has 0 saturated carbocycles. The summed E-state index contributed by atoms with van der Waals surface area (Å²) in [5.74, 6) is 4.53. The molecule has 2 heterocycles. The summed E-state index contributed by atoms with van der Waals surface area (Å²) in [6.45, 7) is 1.98. The molecule has 0 aliphatic rings. The van der Waals surface area contributed by atoms with E-state index in [0.717, 1.165) is 11.1 Å². The van der Waals surface area contributed by atoms with Crippen molar-refractivity contribution in [3.8, 4) is 23.6 Å². The van der Waals surface area contributed by atoms with Gasteiger partial charge in [0.1, 0.15) is 5.69 Å². The molecule has 3 rings (SSSR count). The van der Waals surface area contributed by atoms with Crippen LogP contribution in [-0.2, 0) is 0 Å². The van der Waals surface area contributed by atoms with Crippen LogP contribution in [0.1, 0.15) is 27.3 Å². The highest BCUT2D eigenvalue weighted by Gasteiger charge is 2.17. The van der Waals surface area contributed by atoms with Crippen LogP contribution < -0.4 is 4.74 Å². The maximum atomic E-state index is 11.0. The fourth-order valence-electron chi connectivity index (χ4n) is 1.95. The number of carbonyl (C=O) groups is 1. The van der Waals surface area contributed by atoms with Crippen LogP contribution >= 0.6 is 11.6 Å². The van der Waals surface area contributed by atoms with Crippen molar-refractivity contribution in [1.29, 1.82) is 0 Å². The number of aryl methyl sites for hydroxylation is 1. The van der Waals surface area contributed by atoms with Crippen LogP contribution in [0.25, 0.3) is 0 Å². The molecule has 8 heteroatoms. The average Bonchev–Trinajstić information content (AvgIpc) is 3.04. The molecule has 2 aromatic heterocycles. The summed E-state index contributed by atoms with van der Waals surface area (Å²) in [5.41, 5.74) is 1.95. The lowest BCUT2D eigenvalue weighted by molar-refractivity contribution is 0.0687. The number of rotatable bonds is 3. The SMILES string of the molecule is Cc1cccc(C#Cc2nc(Oc3nn[nH]c3C(=O)O)ccc2Cl)c1. The first-order chi connectivity index (χ1) is 12.0. The van der Waals surface area contributed by atoms with Gasteiger partial charge in [0.15, 0.2) is 0 Å². The summed E-state index contributed by atoms with van der Waals surface area (Å²) in [7, 11) is 0. The Morgan fingerprint density at radius 1 is 1.28 bits per heavy atom. The molecule has 25 heavy (non-hydrogen) atoms. The van der Waals surface area contributed by atoms with Crippen molar-refractivity contribution in [2.45, 2.75) is 6.92 Å². The maximum Gasteiger partial charge on any atom is 0.359 e. The Kier molecular flexibility index (Phi) is 4.64. The Hall–Kier alpha value is -3.37. The zero-order chi connectivity index (χ0) is 17.8. The fourth-order valence-corrected chi connectivity index (χ4v) is 2.10. The van der Waals surface area contributed by atoms with Gasteiger partial charge >= 0.3 is 5.97 Å². The number of hydrogen-bond donors (Lipinski definition) is 2. The van der Waals surface area contributed by atoms with Gasteiger partial charge in [-0.3, -0.25) is 0 Å². The molecule has 124 valence electrons. The van der Waals surface area contributed by atoms with Crippen molar-refractivity contribution < 1.29 is 14.6 Å². The molecule has 0 unspecified atom stereocenters. The highest BCUT2D eigenvalue weighted by atomic mass is 35.5. The molecule has 3 aromatic rings. The monoisotopic (exact) mass is 354 g/mol. The van der Waals surface area contributed by atoms with Crippen LogP contribution in [0.5, 0.6) is 11.8 Å². The van der Waals surface area contributed by atoms with E-state index in [1.165, 1.54) is 6.07 Å². The minimum atomic E-state index is -1.24. The number of H-pyrrole nitrogens is 1. The van der Waals surface area contributed by atoms with Gasteiger partial charge < -0.3 is 9.84 Å². The van der Waals surface area contributed by atoms with E-state index in [4.69, 9.17) is 21.4 Å². The highest BCUT2D eigenvalue weighted by molar-refractivity contribution is 6.31. The van der Waals surface area contributed by atoms with Crippen molar-refractivity contribution in [2.75, 3.05) is 0 Å². The van der Waals surface area contributed by atoms with Gasteiger partial charge in [-0.2, -0.15) is 0 Å². The van der Waals surface area contributed by atoms with E-state index < -0.39 is 5.97 Å². The summed E-state index contributed by atoms with van der Waals surface area (Å²) in [6.07, 6.45) is 0. The number of halogens is 1. The average molecular weight is 355 g/mol. The fraction of sp³-hybridized carbons (Fsp3) is 0.0588. The quantitative estimate of drug-likeness (QED) is 0.701. The van der Waals surface area contributed by atoms with Crippen LogP contribution in [0.2, 0.25) is 5.02 Å². The van der Waals surface area contributed by atoms with Gasteiger partial charge in [0.2, 0.25) is 11.6 Å². The molecule has 0 fully saturated rings. The third-order valence-electron chi connectivity index (χ3n) is 3.10. The van der Waals surface area contributed by atoms with Gasteiger partial charge in [-0.25, -0.2) is 14.9 Å². The molecule has 0 aliphatic heterocycles. The molecule has 2 N–H and O–H groups in total. The molecule has 0 saturated heterocycles. The predicted octanol–water partition coefficient (Wildman–Crippen LogP) is 3.05. The summed E-state index contributed by atoms with van der Waals surface area (Å²) in [4.78, 5) is 15.2. The number of benzene rings is 1. The molecule has 0 bridgehead atoms. The second-order valence-electron chi connectivity index (χ2n) is 5.00. The number of nitrogens with zero attached hydrogens (tertiary/aromatic N) is 3. The molecule has 0 spiro atoms. The summed E-state index contributed by atoms with van der Waals surface area (Å²) in [6, 6.07) is 10.7. The van der Waals surface area contributed by atoms with E-state index in [9.17, 15) is 4.79 Å². The van der Waals surface area contributed by atoms with Crippen LogP contribution in [0.4, 0.5) is 0 Å². The van der Waals surface area contributed by atoms with Crippen LogP contribution in [0.3, 0.4) is 0 Å². The Labute approximate surface area is 147 Å². The molecule has 1 aromatic carbocycles. The summed E-state index contributed by atoms with van der Waals surface area (Å²) < 4.78 is 5.35. The lowest BCUT2D eigenvalue weighted by Gasteiger charge is -2.03. The number of nitrogens with one attached hydrogen (secondary N) is 1. The number of hydrogen-bond acceptors (Lipinski definition) is 5. The molecule has 0 radical (unpaired) electrons. The first-order valence-corrected chi connectivity index (χ1v) is 7.48. The van der Waals surface area contributed by atoms with Crippen molar-refractivity contribution in [2.24, 2.45) is 0 Å². The molecule has 0 aliphatic carbocycles. The summed E-state index contributed by atoms with van der Waals surface area (Å²) >= 11 is 6.11. The van der Waals surface area contributed by atoms with Gasteiger partial charge in [0.05, 0.1) is 5.02 Å². The smallest absolute Gasteiger partial charge is 0.359 e. The molecule has 0 atom stereocenters. The van der Waals surface area contributed by atoms with E-state index in [-0.39, 0.29) is 17.5 Å². The van der Waals surface area contributed by atoms with E-state index in [1.54, 1.807) is 6.07 Å². The van der Waals surface area contributed by atoms with Gasteiger partial charge in [-0.15, -0.1) is 0 Å². The van der Waals surface area contributed by atoms with E-state index in [1.807, 2.05) is 31.2 Å². The third-order valence-corrected chi connectivity index (χ3v) is 3.40.